The van der Waals surface area contributed by atoms with E-state index in [-0.39, 0.29) is 6.61 Å². The fourth-order valence-electron chi connectivity index (χ4n) is 2.28. The summed E-state index contributed by atoms with van der Waals surface area (Å²) < 4.78 is 0. The normalized spacial score (nSPS) is 22.5. The summed E-state index contributed by atoms with van der Waals surface area (Å²) in [4.78, 5) is 6.50. The summed E-state index contributed by atoms with van der Waals surface area (Å²) in [6.45, 7) is 3.89. The van der Waals surface area contributed by atoms with Gasteiger partial charge in [0.1, 0.15) is 0 Å². The van der Waals surface area contributed by atoms with Crippen molar-refractivity contribution in [1.82, 2.24) is 4.98 Å². The first-order valence-electron chi connectivity index (χ1n) is 6.20. The van der Waals surface area contributed by atoms with Gasteiger partial charge in [0.05, 0.1) is 23.7 Å². The van der Waals surface area contributed by atoms with Gasteiger partial charge < -0.3 is 15.1 Å². The lowest BCUT2D eigenvalue weighted by Gasteiger charge is -2.33. The Morgan fingerprint density at radius 3 is 2.94 bits per heavy atom. The van der Waals surface area contributed by atoms with E-state index in [0.29, 0.717) is 11.6 Å². The molecule has 1 fully saturated rings. The van der Waals surface area contributed by atoms with Gasteiger partial charge in [0.15, 0.2) is 0 Å². The van der Waals surface area contributed by atoms with Crippen molar-refractivity contribution in [2.24, 2.45) is 5.92 Å². The first-order chi connectivity index (χ1) is 8.20. The number of anilines is 1. The van der Waals surface area contributed by atoms with Crippen LogP contribution in [-0.4, -0.2) is 34.9 Å². The molecule has 1 aromatic rings. The molecule has 17 heavy (non-hydrogen) atoms. The fraction of sp³-hybridized carbons (Fsp3) is 0.615. The zero-order chi connectivity index (χ0) is 12.3. The van der Waals surface area contributed by atoms with Gasteiger partial charge in [-0.2, -0.15) is 0 Å². The molecule has 1 aromatic heterocycles. The van der Waals surface area contributed by atoms with E-state index in [0.717, 1.165) is 31.6 Å². The van der Waals surface area contributed by atoms with Crippen molar-refractivity contribution >= 4 is 5.69 Å². The molecule has 4 heteroatoms. The molecule has 1 unspecified atom stereocenters. The van der Waals surface area contributed by atoms with Crippen LogP contribution in [0.25, 0.3) is 0 Å². The molecule has 4 nitrogen and oxygen atoms in total. The van der Waals surface area contributed by atoms with Gasteiger partial charge in [0.25, 0.3) is 0 Å². The van der Waals surface area contributed by atoms with Crippen molar-refractivity contribution in [2.75, 3.05) is 24.6 Å². The van der Waals surface area contributed by atoms with Crippen LogP contribution in [0.3, 0.4) is 0 Å². The van der Waals surface area contributed by atoms with Crippen molar-refractivity contribution in [3.63, 3.8) is 0 Å². The van der Waals surface area contributed by atoms with Crippen molar-refractivity contribution < 1.29 is 10.2 Å². The van der Waals surface area contributed by atoms with E-state index in [4.69, 9.17) is 0 Å². The SMILES string of the molecule is C[C@@H](O)c1ccc(N2CCCC(CO)C2)cn1. The maximum absolute atomic E-state index is 9.40. The van der Waals surface area contributed by atoms with E-state index in [1.165, 1.54) is 0 Å². The van der Waals surface area contributed by atoms with Crippen LogP contribution in [-0.2, 0) is 0 Å². The van der Waals surface area contributed by atoms with Gasteiger partial charge in [-0.3, -0.25) is 4.98 Å². The van der Waals surface area contributed by atoms with E-state index < -0.39 is 6.10 Å². The van der Waals surface area contributed by atoms with Gasteiger partial charge in [-0.15, -0.1) is 0 Å². The van der Waals surface area contributed by atoms with Gasteiger partial charge in [-0.05, 0) is 37.8 Å². The predicted octanol–water partition coefficient (Wildman–Crippen LogP) is 1.34. The molecule has 1 aliphatic rings. The fourth-order valence-corrected chi connectivity index (χ4v) is 2.28. The van der Waals surface area contributed by atoms with Crippen LogP contribution in [0.5, 0.6) is 0 Å². The Labute approximate surface area is 102 Å². The molecule has 0 spiro atoms. The monoisotopic (exact) mass is 236 g/mol. The van der Waals surface area contributed by atoms with E-state index >= 15 is 0 Å². The maximum atomic E-state index is 9.40. The minimum Gasteiger partial charge on any atom is -0.396 e. The minimum atomic E-state index is -0.518. The van der Waals surface area contributed by atoms with Crippen molar-refractivity contribution in [3.05, 3.63) is 24.0 Å². The average molecular weight is 236 g/mol. The smallest absolute Gasteiger partial charge is 0.0931 e. The molecule has 94 valence electrons. The van der Waals surface area contributed by atoms with E-state index in [2.05, 4.69) is 9.88 Å². The van der Waals surface area contributed by atoms with E-state index in [9.17, 15) is 10.2 Å². The zero-order valence-corrected chi connectivity index (χ0v) is 10.2. The Bertz CT molecular complexity index is 351. The van der Waals surface area contributed by atoms with Crippen LogP contribution in [0.1, 0.15) is 31.6 Å². The Hall–Kier alpha value is -1.13. The molecule has 0 saturated carbocycles. The van der Waals surface area contributed by atoms with Gasteiger partial charge in [-0.25, -0.2) is 0 Å². The summed E-state index contributed by atoms with van der Waals surface area (Å²) in [6.07, 6.45) is 3.51. The van der Waals surface area contributed by atoms with Gasteiger partial charge in [-0.1, -0.05) is 0 Å². The van der Waals surface area contributed by atoms with Gasteiger partial charge >= 0.3 is 0 Å². The topological polar surface area (TPSA) is 56.6 Å². The average Bonchev–Trinajstić information content (AvgIpc) is 2.39. The van der Waals surface area contributed by atoms with Gasteiger partial charge in [0.2, 0.25) is 0 Å². The lowest BCUT2D eigenvalue weighted by molar-refractivity contribution is 0.194. The summed E-state index contributed by atoms with van der Waals surface area (Å²) in [5, 5.41) is 18.6. The third-order valence-electron chi connectivity index (χ3n) is 3.34. The first kappa shape index (κ1) is 12.3. The molecular weight excluding hydrogens is 216 g/mol. The molecular formula is C13H20N2O2. The Morgan fingerprint density at radius 2 is 2.35 bits per heavy atom. The third kappa shape index (κ3) is 2.96. The number of piperidine rings is 1. The molecule has 1 saturated heterocycles. The van der Waals surface area contributed by atoms with Crippen LogP contribution in [0.15, 0.2) is 18.3 Å². The molecule has 2 N–H and O–H groups in total. The maximum Gasteiger partial charge on any atom is 0.0931 e. The number of nitrogens with zero attached hydrogens (tertiary/aromatic N) is 2. The molecule has 0 aromatic carbocycles. The Morgan fingerprint density at radius 1 is 1.53 bits per heavy atom. The predicted molar refractivity (Wildman–Crippen MR) is 66.9 cm³/mol. The Kier molecular flexibility index (Phi) is 3.97. The van der Waals surface area contributed by atoms with Crippen LogP contribution in [0.2, 0.25) is 0 Å². The molecule has 2 atom stereocenters. The highest BCUT2D eigenvalue weighted by atomic mass is 16.3. The number of pyridine rings is 1. The van der Waals surface area contributed by atoms with Crippen LogP contribution < -0.4 is 4.90 Å². The van der Waals surface area contributed by atoms with Crippen LogP contribution in [0.4, 0.5) is 5.69 Å². The molecule has 2 heterocycles. The van der Waals surface area contributed by atoms with Gasteiger partial charge in [0, 0.05) is 19.7 Å². The second kappa shape index (κ2) is 5.47. The summed E-state index contributed by atoms with van der Waals surface area (Å²) >= 11 is 0. The molecule has 0 amide bonds. The molecule has 2 rings (SSSR count). The molecule has 0 radical (unpaired) electrons. The van der Waals surface area contributed by atoms with Crippen molar-refractivity contribution in [3.8, 4) is 0 Å². The number of rotatable bonds is 3. The number of aliphatic hydroxyl groups excluding tert-OH is 2. The van der Waals surface area contributed by atoms with Crippen LogP contribution >= 0.6 is 0 Å². The third-order valence-corrected chi connectivity index (χ3v) is 3.34. The number of hydrogen-bond donors (Lipinski definition) is 2. The molecule has 0 aliphatic carbocycles. The molecule has 0 bridgehead atoms. The van der Waals surface area contributed by atoms with Crippen molar-refractivity contribution in [2.45, 2.75) is 25.9 Å². The number of hydrogen-bond acceptors (Lipinski definition) is 4. The lowest BCUT2D eigenvalue weighted by atomic mass is 9.99. The van der Waals surface area contributed by atoms with Crippen LogP contribution in [0, 0.1) is 5.92 Å². The summed E-state index contributed by atoms with van der Waals surface area (Å²) in [6, 6.07) is 3.86. The second-order valence-corrected chi connectivity index (χ2v) is 4.75. The number of aromatic nitrogens is 1. The summed E-state index contributed by atoms with van der Waals surface area (Å²) in [5.74, 6) is 0.375. The quantitative estimate of drug-likeness (QED) is 0.831. The van der Waals surface area contributed by atoms with E-state index in [1.807, 2.05) is 18.3 Å². The molecule has 1 aliphatic heterocycles. The van der Waals surface area contributed by atoms with Crippen molar-refractivity contribution in [1.29, 1.82) is 0 Å². The highest BCUT2D eigenvalue weighted by Gasteiger charge is 2.19. The first-order valence-corrected chi connectivity index (χ1v) is 6.20. The summed E-state index contributed by atoms with van der Waals surface area (Å²) in [7, 11) is 0. The standard InChI is InChI=1S/C13H20N2O2/c1-10(17)13-5-4-12(7-14-13)15-6-2-3-11(8-15)9-16/h4-5,7,10-11,16-17H,2-3,6,8-9H2,1H3/t10-,11?/m1/s1. The zero-order valence-electron chi connectivity index (χ0n) is 10.2. The lowest BCUT2D eigenvalue weighted by Crippen LogP contribution is -2.36. The summed E-state index contributed by atoms with van der Waals surface area (Å²) in [5.41, 5.74) is 1.78. The Balaban J connectivity index is 2.06. The highest BCUT2D eigenvalue weighted by molar-refractivity contribution is 5.45. The van der Waals surface area contributed by atoms with E-state index in [1.54, 1.807) is 6.92 Å². The second-order valence-electron chi connectivity index (χ2n) is 4.75. The highest BCUT2D eigenvalue weighted by Crippen LogP contribution is 2.23. The number of aliphatic hydroxyl groups is 2. The minimum absolute atomic E-state index is 0.260. The largest absolute Gasteiger partial charge is 0.396 e.